The van der Waals surface area contributed by atoms with Gasteiger partial charge in [0.2, 0.25) is 0 Å². The maximum atomic E-state index is 6.36. The van der Waals surface area contributed by atoms with Crippen LogP contribution in [0.3, 0.4) is 0 Å². The molecule has 0 radical (unpaired) electrons. The van der Waals surface area contributed by atoms with Gasteiger partial charge in [0.1, 0.15) is 11.2 Å². The van der Waals surface area contributed by atoms with E-state index in [1.54, 1.807) is 0 Å². The quantitative estimate of drug-likeness (QED) is 0.176. The Kier molecular flexibility index (Phi) is 5.91. The molecule has 4 heteroatoms. The van der Waals surface area contributed by atoms with Crippen molar-refractivity contribution in [3.63, 3.8) is 0 Å². The highest BCUT2D eigenvalue weighted by molar-refractivity contribution is 7.26. The molecule has 14 aromatic rings. The van der Waals surface area contributed by atoms with E-state index < -0.39 is 0 Å². The van der Waals surface area contributed by atoms with Crippen LogP contribution in [0.2, 0.25) is 0 Å². The van der Waals surface area contributed by atoms with Gasteiger partial charge in [-0.1, -0.05) is 121 Å². The summed E-state index contributed by atoms with van der Waals surface area (Å²) < 4.78 is 14.0. The van der Waals surface area contributed by atoms with E-state index in [0.717, 1.165) is 33.2 Å². The second-order valence-corrected chi connectivity index (χ2v) is 16.6. The van der Waals surface area contributed by atoms with Crippen LogP contribution < -0.4 is 0 Å². The van der Waals surface area contributed by atoms with E-state index in [1.165, 1.54) is 96.8 Å². The predicted molar refractivity (Wildman–Crippen MR) is 246 cm³/mol. The van der Waals surface area contributed by atoms with Crippen molar-refractivity contribution in [1.29, 1.82) is 0 Å². The van der Waals surface area contributed by atoms with E-state index in [2.05, 4.69) is 185 Å². The van der Waals surface area contributed by atoms with Crippen LogP contribution in [0, 0.1) is 0 Å². The second-order valence-electron chi connectivity index (χ2n) is 15.6. The molecule has 3 nitrogen and oxygen atoms in total. The molecule has 0 atom stereocenters. The summed E-state index contributed by atoms with van der Waals surface area (Å²) in [7, 11) is 0. The first-order valence-electron chi connectivity index (χ1n) is 19.8. The summed E-state index contributed by atoms with van der Waals surface area (Å²) >= 11 is 1.89. The van der Waals surface area contributed by atoms with Gasteiger partial charge in [0.05, 0.1) is 27.6 Å². The number of hydrogen-bond acceptors (Lipinski definition) is 2. The molecule has 0 aliphatic rings. The van der Waals surface area contributed by atoms with Gasteiger partial charge in [-0.15, -0.1) is 11.3 Å². The van der Waals surface area contributed by atoms with Crippen molar-refractivity contribution in [1.82, 2.24) is 8.97 Å². The normalized spacial score (nSPS) is 12.5. The highest BCUT2D eigenvalue weighted by Crippen LogP contribution is 2.48. The Bertz CT molecular complexity index is 4040. The number of benzene rings is 9. The molecule has 14 rings (SSSR count). The Labute approximate surface area is 335 Å². The van der Waals surface area contributed by atoms with Crippen molar-refractivity contribution in [2.75, 3.05) is 0 Å². The molecule has 0 spiro atoms. The molecule has 5 heterocycles. The maximum Gasteiger partial charge on any atom is 0.136 e. The number of fused-ring (bicyclic) bond motifs is 12. The number of hydrogen-bond donors (Lipinski definition) is 0. The lowest BCUT2D eigenvalue weighted by atomic mass is 9.97. The topological polar surface area (TPSA) is 22.5 Å². The van der Waals surface area contributed by atoms with Gasteiger partial charge in [-0.25, -0.2) is 0 Å². The summed E-state index contributed by atoms with van der Waals surface area (Å²) in [6.45, 7) is 0. The van der Waals surface area contributed by atoms with Crippen LogP contribution in [0.1, 0.15) is 0 Å². The number of aromatic nitrogens is 2. The zero-order valence-corrected chi connectivity index (χ0v) is 31.8. The molecule has 268 valence electrons. The van der Waals surface area contributed by atoms with Gasteiger partial charge in [0, 0.05) is 63.6 Å². The lowest BCUT2D eigenvalue weighted by Crippen LogP contribution is -1.95. The SMILES string of the molecule is c1cc(-c2cccc3oc4ccccc4c23)cc(-n2c3cc(-c4cccc5c4sc4ccccc45)cc4c5ccccc5n5c6ccccc6c6ccc2c(c43)c65)c1. The summed E-state index contributed by atoms with van der Waals surface area (Å²) in [5, 5.41) is 12.5. The molecule has 0 amide bonds. The zero-order chi connectivity index (χ0) is 37.6. The smallest absolute Gasteiger partial charge is 0.136 e. The van der Waals surface area contributed by atoms with E-state index in [1.807, 2.05) is 17.4 Å². The first-order valence-corrected chi connectivity index (χ1v) is 20.7. The van der Waals surface area contributed by atoms with Gasteiger partial charge < -0.3 is 13.4 Å². The van der Waals surface area contributed by atoms with Crippen molar-refractivity contribution >= 4 is 113 Å². The first-order chi connectivity index (χ1) is 28.8. The number of furan rings is 1. The number of rotatable bonds is 3. The van der Waals surface area contributed by atoms with Crippen LogP contribution in [0.15, 0.2) is 186 Å². The molecule has 0 bridgehead atoms. The molecule has 9 aromatic carbocycles. The largest absolute Gasteiger partial charge is 0.456 e. The number of para-hydroxylation sites is 3. The van der Waals surface area contributed by atoms with Crippen molar-refractivity contribution in [3.05, 3.63) is 182 Å². The third kappa shape index (κ3) is 3.92. The minimum Gasteiger partial charge on any atom is -0.456 e. The molecule has 0 N–H and O–H groups in total. The maximum absolute atomic E-state index is 6.36. The summed E-state index contributed by atoms with van der Waals surface area (Å²) in [4.78, 5) is 0. The van der Waals surface area contributed by atoms with Crippen LogP contribution in [0.25, 0.3) is 130 Å². The van der Waals surface area contributed by atoms with E-state index >= 15 is 0 Å². The fourth-order valence-electron chi connectivity index (χ4n) is 10.3. The molecule has 0 aliphatic carbocycles. The average molecular weight is 755 g/mol. The van der Waals surface area contributed by atoms with E-state index in [9.17, 15) is 0 Å². The monoisotopic (exact) mass is 754 g/mol. The Hall–Kier alpha value is -7.40. The fourth-order valence-corrected chi connectivity index (χ4v) is 11.5. The highest BCUT2D eigenvalue weighted by Gasteiger charge is 2.25. The fraction of sp³-hybridized carbons (Fsp3) is 0. The molecule has 0 saturated heterocycles. The van der Waals surface area contributed by atoms with Gasteiger partial charge in [0.15, 0.2) is 0 Å². The van der Waals surface area contributed by atoms with Crippen molar-refractivity contribution < 1.29 is 4.42 Å². The molecule has 58 heavy (non-hydrogen) atoms. The second kappa shape index (κ2) is 11.1. The average Bonchev–Trinajstić information content (AvgIpc) is 4.01. The lowest BCUT2D eigenvalue weighted by Gasteiger charge is -2.13. The molecular formula is C54H30N2OS. The minimum atomic E-state index is 0.904. The zero-order valence-electron chi connectivity index (χ0n) is 31.0. The molecule has 0 saturated carbocycles. The molecule has 0 unspecified atom stereocenters. The molecule has 5 aromatic heterocycles. The first kappa shape index (κ1) is 30.8. The van der Waals surface area contributed by atoms with Crippen molar-refractivity contribution in [2.24, 2.45) is 0 Å². The third-order valence-electron chi connectivity index (χ3n) is 12.6. The standard InChI is InChI=1S/C54H30N2OS/c1-5-21-43-36(14-1)39-26-27-45-52-51-42(37-15-2-6-22-44(37)56(43)53(39)52)29-32(35-19-10-20-40-38-16-4-8-25-49(38)58-54(35)40)30-46(51)55(45)33-13-9-12-31(28-33)34-18-11-24-48-50(34)41-17-3-7-23-47(41)57-48/h1-30H. The number of thiophene rings is 1. The van der Waals surface area contributed by atoms with Crippen molar-refractivity contribution in [3.8, 4) is 27.9 Å². The van der Waals surface area contributed by atoms with Gasteiger partial charge in [-0.05, 0) is 88.3 Å². The van der Waals surface area contributed by atoms with Gasteiger partial charge >= 0.3 is 0 Å². The van der Waals surface area contributed by atoms with Crippen LogP contribution >= 0.6 is 11.3 Å². The summed E-state index contributed by atoms with van der Waals surface area (Å²) in [5.74, 6) is 0. The van der Waals surface area contributed by atoms with Gasteiger partial charge in [-0.3, -0.25) is 0 Å². The Morgan fingerprint density at radius 1 is 0.379 bits per heavy atom. The van der Waals surface area contributed by atoms with Crippen LogP contribution in [0.5, 0.6) is 0 Å². The highest BCUT2D eigenvalue weighted by atomic mass is 32.1. The Morgan fingerprint density at radius 3 is 1.95 bits per heavy atom. The van der Waals surface area contributed by atoms with Gasteiger partial charge in [0.25, 0.3) is 0 Å². The van der Waals surface area contributed by atoms with E-state index in [-0.39, 0.29) is 0 Å². The molecule has 0 aliphatic heterocycles. The summed E-state index contributed by atoms with van der Waals surface area (Å²) in [6, 6.07) is 67.0. The summed E-state index contributed by atoms with van der Waals surface area (Å²) in [6.07, 6.45) is 0. The predicted octanol–water partition coefficient (Wildman–Crippen LogP) is 15.5. The van der Waals surface area contributed by atoms with Gasteiger partial charge in [-0.2, -0.15) is 0 Å². The van der Waals surface area contributed by atoms with E-state index in [4.69, 9.17) is 4.42 Å². The Morgan fingerprint density at radius 2 is 1.07 bits per heavy atom. The Balaban J connectivity index is 1.16. The number of nitrogens with zero attached hydrogens (tertiary/aromatic N) is 2. The van der Waals surface area contributed by atoms with E-state index in [0.29, 0.717) is 0 Å². The minimum absolute atomic E-state index is 0.904. The summed E-state index contributed by atoms with van der Waals surface area (Å²) in [5.41, 5.74) is 13.8. The van der Waals surface area contributed by atoms with Crippen LogP contribution in [-0.4, -0.2) is 8.97 Å². The van der Waals surface area contributed by atoms with Crippen LogP contribution in [0.4, 0.5) is 0 Å². The third-order valence-corrected chi connectivity index (χ3v) is 13.9. The molecular weight excluding hydrogens is 725 g/mol. The van der Waals surface area contributed by atoms with Crippen molar-refractivity contribution in [2.45, 2.75) is 0 Å². The van der Waals surface area contributed by atoms with Crippen LogP contribution in [-0.2, 0) is 0 Å². The lowest BCUT2D eigenvalue weighted by molar-refractivity contribution is 0.669. The molecule has 0 fully saturated rings.